The number of aliphatic hydroxyl groups is 5. The summed E-state index contributed by atoms with van der Waals surface area (Å²) in [5.74, 6) is -4.14. The summed E-state index contributed by atoms with van der Waals surface area (Å²) in [4.78, 5) is 21.8. The van der Waals surface area contributed by atoms with Gasteiger partial charge in [0.15, 0.2) is 12.6 Å². The molecule has 10 unspecified atom stereocenters. The smallest absolute Gasteiger partial charge is 0.311 e. The topological polar surface area (TPSA) is 217 Å². The Morgan fingerprint density at radius 2 is 1.55 bits per heavy atom. The zero-order valence-electron chi connectivity index (χ0n) is 37.3. The molecule has 17 heteroatoms. The fourth-order valence-electron chi connectivity index (χ4n) is 8.93. The van der Waals surface area contributed by atoms with E-state index in [2.05, 4.69) is 5.16 Å². The van der Waals surface area contributed by atoms with Crippen molar-refractivity contribution in [2.45, 2.75) is 179 Å². The highest BCUT2D eigenvalue weighted by Gasteiger charge is 2.53. The van der Waals surface area contributed by atoms with Crippen LogP contribution in [-0.4, -0.2) is 175 Å². The van der Waals surface area contributed by atoms with Crippen LogP contribution in [-0.2, 0) is 47.5 Å². The average Bonchev–Trinajstić information content (AvgIpc) is 3.15. The van der Waals surface area contributed by atoms with E-state index in [1.165, 1.54) is 14.0 Å². The van der Waals surface area contributed by atoms with Crippen molar-refractivity contribution in [3.05, 3.63) is 0 Å². The lowest BCUT2D eigenvalue weighted by atomic mass is 9.73. The Bertz CT molecular complexity index is 1300. The second-order valence-electron chi connectivity index (χ2n) is 17.7. The fourth-order valence-corrected chi connectivity index (χ4v) is 8.93. The van der Waals surface area contributed by atoms with Gasteiger partial charge in [0.05, 0.1) is 66.6 Å². The number of aliphatic hydroxyl groups excluding tert-OH is 3. The minimum atomic E-state index is -1.97. The Kier molecular flexibility index (Phi) is 18.8. The molecule has 3 fully saturated rings. The van der Waals surface area contributed by atoms with Crippen LogP contribution in [0.25, 0.3) is 0 Å². The van der Waals surface area contributed by atoms with Gasteiger partial charge in [-0.05, 0) is 74.9 Å². The van der Waals surface area contributed by atoms with Crippen LogP contribution in [0.4, 0.5) is 0 Å². The molecule has 0 saturated carbocycles. The van der Waals surface area contributed by atoms with Crippen LogP contribution in [0.5, 0.6) is 0 Å². The largest absolute Gasteiger partial charge is 0.459 e. The second-order valence-corrected chi connectivity index (χ2v) is 17.7. The number of likely N-dealkylation sites (N-methyl/N-ethyl adjacent to an activating group) is 1. The molecule has 18 atom stereocenters. The number of esters is 1. The van der Waals surface area contributed by atoms with E-state index in [1.54, 1.807) is 55.6 Å². The molecule has 0 spiro atoms. The Balaban J connectivity index is 2.22. The minimum Gasteiger partial charge on any atom is -0.459 e. The number of rotatable bonds is 13. The molecular formula is C41H76N2O15. The van der Waals surface area contributed by atoms with E-state index in [4.69, 9.17) is 42.7 Å². The van der Waals surface area contributed by atoms with E-state index >= 15 is 0 Å². The highest BCUT2D eigenvalue weighted by molar-refractivity contribution is 5.88. The van der Waals surface area contributed by atoms with Crippen LogP contribution in [0.1, 0.15) is 94.9 Å². The first-order chi connectivity index (χ1) is 27.0. The van der Waals surface area contributed by atoms with E-state index in [1.807, 2.05) is 32.8 Å². The number of hydrogen-bond acceptors (Lipinski definition) is 17. The first kappa shape index (κ1) is 50.8. The standard InChI is InChI=1S/C41H76N2O15/c1-15-29-41(10,49)34(45)24(4)31(42-53-21-52-17-16-50-13)22(2)19-39(8,48)36(58-38-32(44)28(43(11)12)18-23(3)54-38)25(5)33(26(6)37(47)56-29)57-30-20-40(9,51-14)35(46)27(7)55-30/h22-30,32-36,38,44-46,48-49H,15-21H2,1-14H3/b42-31+/t22-,23?,24+,25+,26-,27?,28?,29?,30?,32?,33?,34-,35?,36-,38?,39-,40?,41-/m0/s1. The quantitative estimate of drug-likeness (QED) is 0.0778. The monoisotopic (exact) mass is 837 g/mol. The molecule has 3 rings (SSSR count). The van der Waals surface area contributed by atoms with Crippen molar-refractivity contribution in [1.29, 1.82) is 0 Å². The Morgan fingerprint density at radius 1 is 0.897 bits per heavy atom. The van der Waals surface area contributed by atoms with Gasteiger partial charge in [-0.2, -0.15) is 0 Å². The summed E-state index contributed by atoms with van der Waals surface area (Å²) in [6.45, 7) is 17.3. The Labute approximate surface area is 345 Å². The van der Waals surface area contributed by atoms with Gasteiger partial charge in [-0.1, -0.05) is 32.9 Å². The van der Waals surface area contributed by atoms with Gasteiger partial charge in [-0.3, -0.25) is 4.79 Å². The van der Waals surface area contributed by atoms with Gasteiger partial charge >= 0.3 is 5.97 Å². The first-order valence-corrected chi connectivity index (χ1v) is 20.8. The molecule has 0 amide bonds. The molecule has 3 saturated heterocycles. The molecule has 17 nitrogen and oxygen atoms in total. The molecule has 3 aliphatic rings. The maximum atomic E-state index is 14.3. The maximum Gasteiger partial charge on any atom is 0.311 e. The van der Waals surface area contributed by atoms with E-state index in [0.717, 1.165) is 0 Å². The first-order valence-electron chi connectivity index (χ1n) is 20.8. The predicted octanol–water partition coefficient (Wildman–Crippen LogP) is 2.21. The molecule has 5 N–H and O–H groups in total. The highest BCUT2D eigenvalue weighted by Crippen LogP contribution is 2.41. The van der Waals surface area contributed by atoms with Gasteiger partial charge in [-0.15, -0.1) is 0 Å². The SMILES string of the molecule is CCC1OC(=O)[C@@H](C)C(OC2CC(C)(OC)C(O)C(C)O2)[C@@H](C)[C@H](OC2OC(C)CC(N(C)C)C2O)[C@@](C)(O)C[C@H](C)/C(=N\OCOCCOC)[C@@H](C)[C@H](O)[C@@]1(C)O. The van der Waals surface area contributed by atoms with Crippen molar-refractivity contribution >= 4 is 11.7 Å². The van der Waals surface area contributed by atoms with Crippen molar-refractivity contribution in [2.75, 3.05) is 48.3 Å². The lowest BCUT2D eigenvalue weighted by molar-refractivity contribution is -0.317. The third kappa shape index (κ3) is 12.1. The van der Waals surface area contributed by atoms with Gasteiger partial charge in [-0.25, -0.2) is 0 Å². The molecule has 58 heavy (non-hydrogen) atoms. The summed E-state index contributed by atoms with van der Waals surface area (Å²) in [5, 5.41) is 63.6. The number of cyclic esters (lactones) is 1. The zero-order valence-corrected chi connectivity index (χ0v) is 37.3. The summed E-state index contributed by atoms with van der Waals surface area (Å²) >= 11 is 0. The average molecular weight is 837 g/mol. The third-order valence-corrected chi connectivity index (χ3v) is 12.6. The number of carbonyl (C=O) groups excluding carboxylic acids is 1. The lowest BCUT2D eigenvalue weighted by Gasteiger charge is -2.49. The molecule has 0 aromatic rings. The van der Waals surface area contributed by atoms with E-state index in [-0.39, 0.29) is 44.8 Å². The molecule has 0 radical (unpaired) electrons. The van der Waals surface area contributed by atoms with Crippen LogP contribution < -0.4 is 0 Å². The number of hydrogen-bond donors (Lipinski definition) is 5. The molecule has 0 bridgehead atoms. The molecule has 0 aromatic carbocycles. The summed E-state index contributed by atoms with van der Waals surface area (Å²) in [5.41, 5.74) is -4.49. The van der Waals surface area contributed by atoms with Crippen LogP contribution in [0.2, 0.25) is 0 Å². The predicted molar refractivity (Wildman–Crippen MR) is 212 cm³/mol. The van der Waals surface area contributed by atoms with Crippen molar-refractivity contribution in [3.63, 3.8) is 0 Å². The highest BCUT2D eigenvalue weighted by atomic mass is 16.7. The molecule has 340 valence electrons. The van der Waals surface area contributed by atoms with Crippen LogP contribution >= 0.6 is 0 Å². The lowest BCUT2D eigenvalue weighted by Crippen LogP contribution is -2.61. The number of nitrogens with zero attached hydrogens (tertiary/aromatic N) is 2. The number of methoxy groups -OCH3 is 2. The molecule has 3 heterocycles. The van der Waals surface area contributed by atoms with Gasteiger partial charge in [0.2, 0.25) is 6.79 Å². The van der Waals surface area contributed by atoms with E-state index in [0.29, 0.717) is 18.7 Å². The second kappa shape index (κ2) is 21.5. The summed E-state index contributed by atoms with van der Waals surface area (Å²) in [6.07, 6.45) is -9.49. The fraction of sp³-hybridized carbons (Fsp3) is 0.951. The maximum absolute atomic E-state index is 14.3. The third-order valence-electron chi connectivity index (χ3n) is 12.6. The van der Waals surface area contributed by atoms with Crippen molar-refractivity contribution in [1.82, 2.24) is 4.90 Å². The van der Waals surface area contributed by atoms with Crippen molar-refractivity contribution < 1.29 is 73.1 Å². The summed E-state index contributed by atoms with van der Waals surface area (Å²) in [6, 6.07) is -0.328. The minimum absolute atomic E-state index is 0.0307. The van der Waals surface area contributed by atoms with Gasteiger partial charge < -0.3 is 73.2 Å². The van der Waals surface area contributed by atoms with E-state index < -0.39 is 102 Å². The van der Waals surface area contributed by atoms with E-state index in [9.17, 15) is 30.3 Å². The van der Waals surface area contributed by atoms with Crippen LogP contribution in [0.15, 0.2) is 5.16 Å². The molecular weight excluding hydrogens is 760 g/mol. The van der Waals surface area contributed by atoms with Crippen molar-refractivity contribution in [3.8, 4) is 0 Å². The van der Waals surface area contributed by atoms with Gasteiger partial charge in [0.1, 0.15) is 23.9 Å². The van der Waals surface area contributed by atoms with Gasteiger partial charge in [0, 0.05) is 44.4 Å². The van der Waals surface area contributed by atoms with Crippen molar-refractivity contribution in [2.24, 2.45) is 28.8 Å². The van der Waals surface area contributed by atoms with Crippen LogP contribution in [0.3, 0.4) is 0 Å². The zero-order chi connectivity index (χ0) is 43.9. The number of carbonyl (C=O) groups is 1. The number of ether oxygens (including phenoxy) is 8. The molecule has 3 aliphatic heterocycles. The summed E-state index contributed by atoms with van der Waals surface area (Å²) in [7, 11) is 6.76. The Hall–Kier alpha value is -1.58. The molecule has 0 aliphatic carbocycles. The van der Waals surface area contributed by atoms with Crippen LogP contribution in [0, 0.1) is 23.7 Å². The van der Waals surface area contributed by atoms with Gasteiger partial charge in [0.25, 0.3) is 0 Å². The number of oxime groups is 1. The normalized spacial score (nSPS) is 45.8. The molecule has 0 aromatic heterocycles. The summed E-state index contributed by atoms with van der Waals surface area (Å²) < 4.78 is 48.1. The Morgan fingerprint density at radius 3 is 2.14 bits per heavy atom.